The lowest BCUT2D eigenvalue weighted by Gasteiger charge is -2.37. The van der Waals surface area contributed by atoms with E-state index in [-0.39, 0.29) is 37.3 Å². The van der Waals surface area contributed by atoms with Crippen LogP contribution < -0.4 is 16.0 Å². The number of amides is 4. The molecule has 3 N–H and O–H groups in total. The van der Waals surface area contributed by atoms with Crippen LogP contribution in [0.3, 0.4) is 0 Å². The van der Waals surface area contributed by atoms with Gasteiger partial charge >= 0.3 is 6.09 Å². The van der Waals surface area contributed by atoms with Gasteiger partial charge in [-0.2, -0.15) is 0 Å². The van der Waals surface area contributed by atoms with Crippen LogP contribution in [0.1, 0.15) is 82.8 Å². The van der Waals surface area contributed by atoms with Crippen LogP contribution >= 0.6 is 11.6 Å². The number of carbonyl (C=O) groups excluding carboxylic acids is 5. The summed E-state index contributed by atoms with van der Waals surface area (Å²) in [6.07, 6.45) is 5.43. The minimum Gasteiger partial charge on any atom is -0.442 e. The van der Waals surface area contributed by atoms with Crippen LogP contribution in [0.4, 0.5) is 4.79 Å². The number of rotatable bonds is 15. The lowest BCUT2D eigenvalue weighted by molar-refractivity contribution is -0.141. The topological polar surface area (TPSA) is 134 Å². The minimum absolute atomic E-state index is 0.00519. The zero-order chi connectivity index (χ0) is 34.3. The van der Waals surface area contributed by atoms with Crippen molar-refractivity contribution in [2.75, 3.05) is 6.54 Å². The molecule has 0 aromatic heterocycles. The highest BCUT2D eigenvalue weighted by atomic mass is 35.5. The van der Waals surface area contributed by atoms with Crippen LogP contribution in [0.15, 0.2) is 54.6 Å². The molecule has 3 aliphatic rings. The fourth-order valence-electron chi connectivity index (χ4n) is 6.80. The molecular formula is C37H47ClN4O6. The number of carbonyl (C=O) groups is 5. The van der Waals surface area contributed by atoms with Crippen molar-refractivity contribution in [2.24, 2.45) is 11.8 Å². The van der Waals surface area contributed by atoms with E-state index in [1.54, 1.807) is 0 Å². The maximum atomic E-state index is 14.4. The van der Waals surface area contributed by atoms with Crippen LogP contribution in [0.2, 0.25) is 5.02 Å². The van der Waals surface area contributed by atoms with Gasteiger partial charge in [-0.25, -0.2) is 4.79 Å². The average Bonchev–Trinajstić information content (AvgIpc) is 3.60. The first-order valence-electron chi connectivity index (χ1n) is 17.2. The first kappa shape index (κ1) is 35.4. The molecule has 4 amide bonds. The van der Waals surface area contributed by atoms with Crippen molar-refractivity contribution in [3.05, 3.63) is 70.7 Å². The maximum absolute atomic E-state index is 14.4. The predicted molar refractivity (Wildman–Crippen MR) is 182 cm³/mol. The van der Waals surface area contributed by atoms with E-state index in [1.165, 1.54) is 4.90 Å². The van der Waals surface area contributed by atoms with E-state index in [2.05, 4.69) is 16.0 Å². The predicted octanol–water partition coefficient (Wildman–Crippen LogP) is 5.11. The van der Waals surface area contributed by atoms with E-state index in [1.807, 2.05) is 68.4 Å². The molecule has 258 valence electrons. The Morgan fingerprint density at radius 2 is 1.71 bits per heavy atom. The Morgan fingerprint density at radius 1 is 1.00 bits per heavy atom. The minimum atomic E-state index is -1.22. The molecule has 48 heavy (non-hydrogen) atoms. The molecule has 5 rings (SSSR count). The molecule has 2 aromatic carbocycles. The Hall–Kier alpha value is -3.92. The van der Waals surface area contributed by atoms with Gasteiger partial charge in [-0.3, -0.25) is 24.1 Å². The van der Waals surface area contributed by atoms with Crippen LogP contribution in [-0.2, 0) is 36.9 Å². The van der Waals surface area contributed by atoms with Crippen molar-refractivity contribution in [1.29, 1.82) is 0 Å². The second kappa shape index (κ2) is 16.0. The summed E-state index contributed by atoms with van der Waals surface area (Å²) in [5, 5.41) is 8.91. The van der Waals surface area contributed by atoms with Crippen molar-refractivity contribution in [2.45, 2.75) is 108 Å². The standard InChI is InChI=1S/C37H47ClN4O6/c1-24(2)19-31(34(45)41-30(21-27-15-18-39-33(27)44)32(43)35(46)40-29-13-14-29)42(23-25-9-4-3-5-10-25)36(47)48-37(16-6-7-17-37)22-26-11-8-12-28(38)20-26/h3-5,8-12,20,24,27,29-31H,6-7,13-19,21-23H2,1-2H3,(H,39,44)(H,40,46)(H,41,45). The Morgan fingerprint density at radius 3 is 2.33 bits per heavy atom. The van der Waals surface area contributed by atoms with Gasteiger partial charge in [0.05, 0.1) is 6.04 Å². The number of Topliss-reactive ketones (excluding diaryl/α,β-unsaturated/α-hetero) is 1. The van der Waals surface area contributed by atoms with E-state index in [9.17, 15) is 24.0 Å². The molecule has 2 saturated carbocycles. The summed E-state index contributed by atoms with van der Waals surface area (Å²) < 4.78 is 6.43. The molecule has 10 nitrogen and oxygen atoms in total. The van der Waals surface area contributed by atoms with E-state index < -0.39 is 47.3 Å². The monoisotopic (exact) mass is 678 g/mol. The summed E-state index contributed by atoms with van der Waals surface area (Å²) >= 11 is 6.29. The third kappa shape index (κ3) is 9.58. The summed E-state index contributed by atoms with van der Waals surface area (Å²) in [6.45, 7) is 4.48. The molecule has 3 atom stereocenters. The van der Waals surface area contributed by atoms with E-state index in [4.69, 9.17) is 16.3 Å². The number of benzene rings is 2. The average molecular weight is 679 g/mol. The third-order valence-electron chi connectivity index (χ3n) is 9.49. The van der Waals surface area contributed by atoms with Gasteiger partial charge in [0.2, 0.25) is 17.6 Å². The lowest BCUT2D eigenvalue weighted by Crippen LogP contribution is -2.56. The molecule has 1 aliphatic heterocycles. The molecule has 1 heterocycles. The first-order chi connectivity index (χ1) is 23.0. The highest BCUT2D eigenvalue weighted by Crippen LogP contribution is 2.38. The largest absolute Gasteiger partial charge is 0.442 e. The van der Waals surface area contributed by atoms with Gasteiger partial charge in [-0.05, 0) is 87.0 Å². The van der Waals surface area contributed by atoms with E-state index in [0.717, 1.165) is 36.8 Å². The van der Waals surface area contributed by atoms with Gasteiger partial charge in [0.1, 0.15) is 11.6 Å². The number of nitrogens with zero attached hydrogens (tertiary/aromatic N) is 1. The lowest BCUT2D eigenvalue weighted by atomic mass is 9.92. The van der Waals surface area contributed by atoms with Crippen LogP contribution in [0.25, 0.3) is 0 Å². The molecule has 11 heteroatoms. The maximum Gasteiger partial charge on any atom is 0.411 e. The summed E-state index contributed by atoms with van der Waals surface area (Å²) in [5.41, 5.74) is 1.01. The highest BCUT2D eigenvalue weighted by molar-refractivity contribution is 6.38. The molecule has 2 aliphatic carbocycles. The zero-order valence-electron chi connectivity index (χ0n) is 27.8. The smallest absolute Gasteiger partial charge is 0.411 e. The summed E-state index contributed by atoms with van der Waals surface area (Å²) in [7, 11) is 0. The van der Waals surface area contributed by atoms with Crippen molar-refractivity contribution >= 4 is 41.2 Å². The molecule has 3 fully saturated rings. The summed E-state index contributed by atoms with van der Waals surface area (Å²) in [5.74, 6) is -2.86. The molecule has 0 spiro atoms. The molecule has 0 radical (unpaired) electrons. The highest BCUT2D eigenvalue weighted by Gasteiger charge is 2.43. The fourth-order valence-corrected chi connectivity index (χ4v) is 7.01. The molecular weight excluding hydrogens is 632 g/mol. The molecule has 2 aromatic rings. The number of ether oxygens (including phenoxy) is 1. The van der Waals surface area contributed by atoms with Gasteiger partial charge < -0.3 is 20.7 Å². The zero-order valence-corrected chi connectivity index (χ0v) is 28.6. The summed E-state index contributed by atoms with van der Waals surface area (Å²) in [4.78, 5) is 69.0. The number of ketones is 1. The van der Waals surface area contributed by atoms with Crippen molar-refractivity contribution in [3.8, 4) is 0 Å². The van der Waals surface area contributed by atoms with Gasteiger partial charge in [0, 0.05) is 36.5 Å². The quantitative estimate of drug-likeness (QED) is 0.224. The van der Waals surface area contributed by atoms with Crippen LogP contribution in [0.5, 0.6) is 0 Å². The molecule has 1 saturated heterocycles. The van der Waals surface area contributed by atoms with Crippen molar-refractivity contribution in [1.82, 2.24) is 20.9 Å². The Kier molecular flexibility index (Phi) is 11.8. The van der Waals surface area contributed by atoms with Gasteiger partial charge in [0.25, 0.3) is 5.91 Å². The van der Waals surface area contributed by atoms with Crippen LogP contribution in [0, 0.1) is 11.8 Å². The Balaban J connectivity index is 1.43. The number of hydrogen-bond acceptors (Lipinski definition) is 6. The van der Waals surface area contributed by atoms with E-state index >= 15 is 0 Å². The fraction of sp³-hybridized carbons (Fsp3) is 0.541. The summed E-state index contributed by atoms with van der Waals surface area (Å²) in [6, 6.07) is 14.6. The first-order valence-corrected chi connectivity index (χ1v) is 17.6. The SMILES string of the molecule is CC(C)CC(C(=O)NC(CC1CCNC1=O)C(=O)C(=O)NC1CC1)N(Cc1ccccc1)C(=O)OC1(Cc2cccc(Cl)c2)CCCC1. The van der Waals surface area contributed by atoms with Crippen molar-refractivity contribution < 1.29 is 28.7 Å². The van der Waals surface area contributed by atoms with Crippen molar-refractivity contribution in [3.63, 3.8) is 0 Å². The van der Waals surface area contributed by atoms with E-state index in [0.29, 0.717) is 37.3 Å². The normalized spacial score (nSPS) is 19.7. The second-order valence-electron chi connectivity index (χ2n) is 14.0. The Labute approximate surface area is 287 Å². The van der Waals surface area contributed by atoms with Gasteiger partial charge in [-0.1, -0.05) is 67.9 Å². The Bertz CT molecular complexity index is 1470. The number of halogens is 1. The van der Waals surface area contributed by atoms with Gasteiger partial charge in [-0.15, -0.1) is 0 Å². The molecule has 3 unspecified atom stereocenters. The van der Waals surface area contributed by atoms with Crippen LogP contribution in [-0.4, -0.2) is 64.8 Å². The molecule has 0 bridgehead atoms. The third-order valence-corrected chi connectivity index (χ3v) is 9.73. The number of hydrogen-bond donors (Lipinski definition) is 3. The second-order valence-corrected chi connectivity index (χ2v) is 14.4. The van der Waals surface area contributed by atoms with Gasteiger partial charge in [0.15, 0.2) is 0 Å². The number of nitrogens with one attached hydrogen (secondary N) is 3.